The highest BCUT2D eigenvalue weighted by molar-refractivity contribution is 5.79. The molecule has 0 aliphatic carbocycles. The van der Waals surface area contributed by atoms with Crippen LogP contribution in [0.4, 0.5) is 0 Å². The molecule has 2 bridgehead atoms. The van der Waals surface area contributed by atoms with Crippen LogP contribution < -0.4 is 10.2 Å². The van der Waals surface area contributed by atoms with Crippen molar-refractivity contribution in [1.29, 1.82) is 0 Å². The van der Waals surface area contributed by atoms with Gasteiger partial charge in [0.25, 0.3) is 0 Å². The number of amides is 1. The molecule has 3 fully saturated rings. The minimum Gasteiger partial charge on any atom is -0.390 e. The number of carbonyl (C=O) groups excluding carboxylic acids is 1. The van der Waals surface area contributed by atoms with E-state index in [9.17, 15) is 4.79 Å². The van der Waals surface area contributed by atoms with E-state index in [1.807, 2.05) is 41.2 Å². The molecule has 3 aliphatic rings. The van der Waals surface area contributed by atoms with Crippen molar-refractivity contribution in [3.05, 3.63) is 47.8 Å². The standard InChI is InChI=1S/C19H25N5O2/c25-13-16-10-24(22-21-16)11-17-8-15-6-7-23(17)12-18(15)19(26)20-9-14-4-2-1-3-5-14/h1-5,10,15,17-18,25H,6-9,11-13H2,(H,20,26)/p+1/t15-,17-,18+/m1/s1. The molecule has 5 rings (SSSR count). The second-order valence-corrected chi connectivity index (χ2v) is 7.49. The van der Waals surface area contributed by atoms with Gasteiger partial charge in [-0.2, -0.15) is 0 Å². The summed E-state index contributed by atoms with van der Waals surface area (Å²) in [5.41, 5.74) is 1.74. The number of hydrogen-bond acceptors (Lipinski definition) is 4. The first kappa shape index (κ1) is 17.2. The third kappa shape index (κ3) is 3.64. The minimum absolute atomic E-state index is 0.0759. The van der Waals surface area contributed by atoms with Crippen molar-refractivity contribution in [1.82, 2.24) is 20.3 Å². The average molecular weight is 356 g/mol. The summed E-state index contributed by atoms with van der Waals surface area (Å²) in [7, 11) is 0. The van der Waals surface area contributed by atoms with E-state index < -0.39 is 0 Å². The van der Waals surface area contributed by atoms with E-state index in [0.717, 1.165) is 38.0 Å². The van der Waals surface area contributed by atoms with E-state index in [-0.39, 0.29) is 18.4 Å². The van der Waals surface area contributed by atoms with Crippen LogP contribution in [0.25, 0.3) is 0 Å². The molecular weight excluding hydrogens is 330 g/mol. The predicted molar refractivity (Wildman–Crippen MR) is 94.9 cm³/mol. The number of carbonyl (C=O) groups is 1. The first-order chi connectivity index (χ1) is 12.7. The Morgan fingerprint density at radius 3 is 2.88 bits per heavy atom. The number of aliphatic hydroxyl groups excluding tert-OH is 1. The van der Waals surface area contributed by atoms with Crippen molar-refractivity contribution in [2.24, 2.45) is 11.8 Å². The van der Waals surface area contributed by atoms with Crippen molar-refractivity contribution in [3.63, 3.8) is 0 Å². The molecule has 3 saturated heterocycles. The van der Waals surface area contributed by atoms with Crippen molar-refractivity contribution < 1.29 is 14.8 Å². The van der Waals surface area contributed by atoms with Crippen LogP contribution >= 0.6 is 0 Å². The lowest BCUT2D eigenvalue weighted by Crippen LogP contribution is -3.20. The van der Waals surface area contributed by atoms with Gasteiger partial charge in [-0.05, 0) is 11.5 Å². The van der Waals surface area contributed by atoms with E-state index in [4.69, 9.17) is 5.11 Å². The fraction of sp³-hybridized carbons (Fsp3) is 0.526. The highest BCUT2D eigenvalue weighted by atomic mass is 16.3. The minimum atomic E-state index is -0.0759. The summed E-state index contributed by atoms with van der Waals surface area (Å²) >= 11 is 0. The molecule has 1 unspecified atom stereocenters. The number of quaternary nitrogens is 1. The molecule has 138 valence electrons. The van der Waals surface area contributed by atoms with Crippen LogP contribution in [0.5, 0.6) is 0 Å². The Morgan fingerprint density at radius 2 is 2.19 bits per heavy atom. The lowest BCUT2D eigenvalue weighted by atomic mass is 9.75. The molecule has 2 aromatic rings. The van der Waals surface area contributed by atoms with Gasteiger partial charge in [-0.1, -0.05) is 35.5 Å². The van der Waals surface area contributed by atoms with Crippen LogP contribution in [-0.2, 0) is 24.5 Å². The normalized spacial score (nSPS) is 27.4. The highest BCUT2D eigenvalue weighted by Gasteiger charge is 2.46. The molecule has 3 N–H and O–H groups in total. The Kier molecular flexibility index (Phi) is 4.99. The van der Waals surface area contributed by atoms with Crippen LogP contribution in [0.2, 0.25) is 0 Å². The third-order valence-corrected chi connectivity index (χ3v) is 5.85. The Bertz CT molecular complexity index is 747. The van der Waals surface area contributed by atoms with Crippen LogP contribution in [-0.4, -0.2) is 45.1 Å². The Balaban J connectivity index is 1.33. The van der Waals surface area contributed by atoms with Gasteiger partial charge in [0.2, 0.25) is 5.91 Å². The van der Waals surface area contributed by atoms with E-state index in [1.165, 1.54) is 4.90 Å². The molecule has 4 heterocycles. The fourth-order valence-electron chi connectivity index (χ4n) is 4.46. The van der Waals surface area contributed by atoms with E-state index in [0.29, 0.717) is 24.2 Å². The zero-order chi connectivity index (χ0) is 17.9. The molecule has 0 spiro atoms. The number of aromatic nitrogens is 3. The average Bonchev–Trinajstić information content (AvgIpc) is 3.15. The van der Waals surface area contributed by atoms with Gasteiger partial charge in [0.1, 0.15) is 11.7 Å². The summed E-state index contributed by atoms with van der Waals surface area (Å²) in [5.74, 6) is 0.759. The topological polar surface area (TPSA) is 84.5 Å². The van der Waals surface area contributed by atoms with Crippen LogP contribution in [0.3, 0.4) is 0 Å². The summed E-state index contributed by atoms with van der Waals surface area (Å²) in [4.78, 5) is 14.2. The van der Waals surface area contributed by atoms with Gasteiger partial charge in [0.15, 0.2) is 0 Å². The number of fused-ring (bicyclic) bond motifs is 3. The second-order valence-electron chi connectivity index (χ2n) is 7.49. The number of rotatable bonds is 6. The second kappa shape index (κ2) is 7.55. The molecule has 7 heteroatoms. The van der Waals surface area contributed by atoms with Gasteiger partial charge in [0.05, 0.1) is 38.4 Å². The summed E-state index contributed by atoms with van der Waals surface area (Å²) in [6, 6.07) is 10.5. The van der Waals surface area contributed by atoms with Gasteiger partial charge in [-0.25, -0.2) is 4.68 Å². The SMILES string of the molecule is O=C(NCc1ccccc1)[C@H]1C[NH+]2CC[C@@H]1C[C@@H]2Cn1cc(CO)nn1. The van der Waals surface area contributed by atoms with Crippen molar-refractivity contribution in [3.8, 4) is 0 Å². The maximum absolute atomic E-state index is 12.7. The summed E-state index contributed by atoms with van der Waals surface area (Å²) in [6.07, 6.45) is 3.98. The Morgan fingerprint density at radius 1 is 1.35 bits per heavy atom. The zero-order valence-electron chi connectivity index (χ0n) is 14.8. The smallest absolute Gasteiger partial charge is 0.229 e. The number of nitrogens with one attached hydrogen (secondary N) is 2. The quantitative estimate of drug-likeness (QED) is 0.644. The molecule has 3 aliphatic heterocycles. The van der Waals surface area contributed by atoms with Crippen molar-refractivity contribution in [2.75, 3.05) is 13.1 Å². The van der Waals surface area contributed by atoms with Gasteiger partial charge < -0.3 is 15.3 Å². The number of nitrogens with zero attached hydrogens (tertiary/aromatic N) is 3. The predicted octanol–water partition coefficient (Wildman–Crippen LogP) is -0.620. The first-order valence-corrected chi connectivity index (χ1v) is 9.39. The molecule has 0 saturated carbocycles. The number of piperidine rings is 3. The van der Waals surface area contributed by atoms with E-state index in [2.05, 4.69) is 15.6 Å². The lowest BCUT2D eigenvalue weighted by molar-refractivity contribution is -0.945. The van der Waals surface area contributed by atoms with Gasteiger partial charge in [-0.15, -0.1) is 5.10 Å². The monoisotopic (exact) mass is 356 g/mol. The summed E-state index contributed by atoms with van der Waals surface area (Å²) in [6.45, 7) is 3.35. The van der Waals surface area contributed by atoms with E-state index >= 15 is 0 Å². The number of benzene rings is 1. The molecule has 4 atom stereocenters. The maximum Gasteiger partial charge on any atom is 0.229 e. The van der Waals surface area contributed by atoms with Gasteiger partial charge >= 0.3 is 0 Å². The molecule has 0 radical (unpaired) electrons. The maximum atomic E-state index is 12.7. The molecule has 1 amide bonds. The Hall–Kier alpha value is -2.25. The third-order valence-electron chi connectivity index (χ3n) is 5.85. The number of hydrogen-bond donors (Lipinski definition) is 3. The first-order valence-electron chi connectivity index (χ1n) is 9.39. The lowest BCUT2D eigenvalue weighted by Gasteiger charge is -2.46. The van der Waals surface area contributed by atoms with Crippen LogP contribution in [0.15, 0.2) is 36.5 Å². The van der Waals surface area contributed by atoms with Gasteiger partial charge in [-0.3, -0.25) is 4.79 Å². The Labute approximate surface area is 153 Å². The fourth-order valence-corrected chi connectivity index (χ4v) is 4.46. The van der Waals surface area contributed by atoms with Crippen molar-refractivity contribution in [2.45, 2.75) is 38.6 Å². The largest absolute Gasteiger partial charge is 0.390 e. The molecule has 1 aromatic carbocycles. The molecule has 26 heavy (non-hydrogen) atoms. The van der Waals surface area contributed by atoms with Gasteiger partial charge in [0, 0.05) is 19.4 Å². The molecule has 7 nitrogen and oxygen atoms in total. The highest BCUT2D eigenvalue weighted by Crippen LogP contribution is 2.27. The molecular formula is C19H26N5O2+. The number of aliphatic hydroxyl groups is 1. The summed E-state index contributed by atoms with van der Waals surface area (Å²) < 4.78 is 1.83. The van der Waals surface area contributed by atoms with E-state index in [1.54, 1.807) is 0 Å². The van der Waals surface area contributed by atoms with Crippen molar-refractivity contribution >= 4 is 5.91 Å². The van der Waals surface area contributed by atoms with Crippen LogP contribution in [0, 0.1) is 11.8 Å². The molecule has 1 aromatic heterocycles. The van der Waals surface area contributed by atoms with Crippen LogP contribution in [0.1, 0.15) is 24.1 Å². The zero-order valence-corrected chi connectivity index (χ0v) is 14.8. The summed E-state index contributed by atoms with van der Waals surface area (Å²) in [5, 5.41) is 20.3.